The molecule has 0 atom stereocenters. The summed E-state index contributed by atoms with van der Waals surface area (Å²) < 4.78 is 1.67. The molecule has 0 radical (unpaired) electrons. The number of anilines is 2. The van der Waals surface area contributed by atoms with E-state index in [-0.39, 0.29) is 5.95 Å². The quantitative estimate of drug-likeness (QED) is 0.708. The summed E-state index contributed by atoms with van der Waals surface area (Å²) in [6.45, 7) is 0.691. The highest BCUT2D eigenvalue weighted by Crippen LogP contribution is 2.07. The fourth-order valence-electron chi connectivity index (χ4n) is 1.82. The molecule has 21 heavy (non-hydrogen) atoms. The van der Waals surface area contributed by atoms with Crippen molar-refractivity contribution in [3.8, 4) is 5.95 Å². The molecule has 0 aliphatic rings. The molecule has 0 aliphatic carbocycles. The maximum Gasteiger partial charge on any atom is 0.241 e. The topological polar surface area (TPSA) is 107 Å². The average molecular weight is 282 g/mol. The van der Waals surface area contributed by atoms with Gasteiger partial charge in [0.15, 0.2) is 0 Å². The molecule has 3 N–H and O–H groups in total. The molecule has 0 saturated heterocycles. The molecule has 0 bridgehead atoms. The molecular formula is C13H14N8. The number of rotatable bonds is 5. The van der Waals surface area contributed by atoms with Gasteiger partial charge in [0.25, 0.3) is 0 Å². The van der Waals surface area contributed by atoms with Crippen LogP contribution in [0.25, 0.3) is 5.95 Å². The Balaban J connectivity index is 1.68. The first-order chi connectivity index (χ1) is 10.3. The van der Waals surface area contributed by atoms with Crippen molar-refractivity contribution in [1.29, 1.82) is 0 Å². The van der Waals surface area contributed by atoms with E-state index in [0.717, 1.165) is 6.42 Å². The summed E-state index contributed by atoms with van der Waals surface area (Å²) >= 11 is 0. The second-order valence-electron chi connectivity index (χ2n) is 4.32. The summed E-state index contributed by atoms with van der Waals surface area (Å²) in [4.78, 5) is 20.4. The Morgan fingerprint density at radius 3 is 2.67 bits per heavy atom. The molecule has 3 aromatic heterocycles. The number of aromatic nitrogens is 6. The van der Waals surface area contributed by atoms with Crippen LogP contribution >= 0.6 is 0 Å². The normalized spacial score (nSPS) is 10.5. The molecule has 0 spiro atoms. The highest BCUT2D eigenvalue weighted by Gasteiger charge is 2.05. The number of nitrogens with zero attached hydrogens (tertiary/aromatic N) is 6. The standard InChI is InChI=1S/C13H14N8/c14-11-18-12(17-6-3-10-1-4-15-5-2-10)20-13(19-11)21-8-7-16-9-21/h1-2,4-5,7-9H,3,6H2,(H3,14,17,18,19,20). The van der Waals surface area contributed by atoms with Crippen molar-refractivity contribution in [2.75, 3.05) is 17.6 Å². The predicted molar refractivity (Wildman–Crippen MR) is 77.8 cm³/mol. The summed E-state index contributed by atoms with van der Waals surface area (Å²) in [5.74, 6) is 1.05. The third-order valence-corrected chi connectivity index (χ3v) is 2.82. The Hall–Kier alpha value is -3.03. The fraction of sp³-hybridized carbons (Fsp3) is 0.154. The Kier molecular flexibility index (Phi) is 3.68. The van der Waals surface area contributed by atoms with E-state index in [1.807, 2.05) is 12.1 Å². The van der Waals surface area contributed by atoms with Crippen molar-refractivity contribution in [3.63, 3.8) is 0 Å². The molecule has 0 fully saturated rings. The van der Waals surface area contributed by atoms with Crippen LogP contribution < -0.4 is 11.1 Å². The van der Waals surface area contributed by atoms with Crippen LogP contribution in [-0.2, 0) is 6.42 Å². The van der Waals surface area contributed by atoms with Crippen LogP contribution in [0.1, 0.15) is 5.56 Å². The summed E-state index contributed by atoms with van der Waals surface area (Å²) in [6, 6.07) is 3.95. The molecule has 8 nitrogen and oxygen atoms in total. The van der Waals surface area contributed by atoms with E-state index in [0.29, 0.717) is 18.4 Å². The van der Waals surface area contributed by atoms with Gasteiger partial charge in [-0.15, -0.1) is 0 Å². The van der Waals surface area contributed by atoms with Gasteiger partial charge in [-0.05, 0) is 24.1 Å². The monoisotopic (exact) mass is 282 g/mol. The SMILES string of the molecule is Nc1nc(NCCc2ccncc2)nc(-n2ccnc2)n1. The minimum atomic E-state index is 0.167. The summed E-state index contributed by atoms with van der Waals surface area (Å²) in [5, 5.41) is 3.14. The van der Waals surface area contributed by atoms with Crippen LogP contribution in [0.4, 0.5) is 11.9 Å². The van der Waals surface area contributed by atoms with Crippen molar-refractivity contribution in [2.45, 2.75) is 6.42 Å². The molecule has 0 amide bonds. The van der Waals surface area contributed by atoms with E-state index in [1.165, 1.54) is 5.56 Å². The Bertz CT molecular complexity index is 695. The number of hydrogen-bond donors (Lipinski definition) is 2. The predicted octanol–water partition coefficient (Wildman–Crippen LogP) is 0.689. The van der Waals surface area contributed by atoms with Gasteiger partial charge in [-0.2, -0.15) is 15.0 Å². The van der Waals surface area contributed by atoms with Gasteiger partial charge >= 0.3 is 0 Å². The molecule has 106 valence electrons. The first-order valence-electron chi connectivity index (χ1n) is 6.44. The van der Waals surface area contributed by atoms with Gasteiger partial charge in [-0.25, -0.2) is 4.98 Å². The lowest BCUT2D eigenvalue weighted by Gasteiger charge is -2.07. The van der Waals surface area contributed by atoms with Crippen LogP contribution in [-0.4, -0.2) is 36.0 Å². The highest BCUT2D eigenvalue weighted by molar-refractivity contribution is 5.35. The summed E-state index contributed by atoms with van der Waals surface area (Å²) in [7, 11) is 0. The van der Waals surface area contributed by atoms with Gasteiger partial charge in [0.2, 0.25) is 17.8 Å². The number of hydrogen-bond acceptors (Lipinski definition) is 7. The lowest BCUT2D eigenvalue weighted by atomic mass is 10.2. The van der Waals surface area contributed by atoms with Crippen LogP contribution in [0, 0.1) is 0 Å². The van der Waals surface area contributed by atoms with Crippen molar-refractivity contribution in [2.24, 2.45) is 0 Å². The van der Waals surface area contributed by atoms with Gasteiger partial charge in [0.05, 0.1) is 0 Å². The zero-order valence-electron chi connectivity index (χ0n) is 11.2. The van der Waals surface area contributed by atoms with E-state index < -0.39 is 0 Å². The number of pyridine rings is 1. The zero-order valence-corrected chi connectivity index (χ0v) is 11.2. The molecule has 0 aromatic carbocycles. The molecule has 3 rings (SSSR count). The maximum atomic E-state index is 5.70. The molecule has 0 saturated carbocycles. The van der Waals surface area contributed by atoms with Crippen molar-refractivity contribution < 1.29 is 0 Å². The smallest absolute Gasteiger partial charge is 0.241 e. The van der Waals surface area contributed by atoms with Crippen LogP contribution in [0.5, 0.6) is 0 Å². The number of nitrogens with one attached hydrogen (secondary N) is 1. The molecular weight excluding hydrogens is 268 g/mol. The molecule has 3 heterocycles. The van der Waals surface area contributed by atoms with Gasteiger partial charge in [0.1, 0.15) is 6.33 Å². The van der Waals surface area contributed by atoms with Crippen molar-refractivity contribution >= 4 is 11.9 Å². The molecule has 0 unspecified atom stereocenters. The Morgan fingerprint density at radius 1 is 1.05 bits per heavy atom. The van der Waals surface area contributed by atoms with E-state index in [9.17, 15) is 0 Å². The maximum absolute atomic E-state index is 5.70. The Morgan fingerprint density at radius 2 is 1.90 bits per heavy atom. The summed E-state index contributed by atoms with van der Waals surface area (Å²) in [5.41, 5.74) is 6.89. The van der Waals surface area contributed by atoms with Gasteiger partial charge < -0.3 is 11.1 Å². The van der Waals surface area contributed by atoms with Gasteiger partial charge in [0, 0.05) is 31.3 Å². The molecule has 0 aliphatic heterocycles. The van der Waals surface area contributed by atoms with Crippen LogP contribution in [0.2, 0.25) is 0 Å². The minimum Gasteiger partial charge on any atom is -0.368 e. The first kappa shape index (κ1) is 13.0. The zero-order chi connectivity index (χ0) is 14.5. The Labute approximate surface area is 121 Å². The lowest BCUT2D eigenvalue weighted by molar-refractivity contribution is 0.890. The third-order valence-electron chi connectivity index (χ3n) is 2.82. The fourth-order valence-corrected chi connectivity index (χ4v) is 1.82. The van der Waals surface area contributed by atoms with E-state index >= 15 is 0 Å². The van der Waals surface area contributed by atoms with Crippen LogP contribution in [0.15, 0.2) is 43.2 Å². The van der Waals surface area contributed by atoms with Crippen molar-refractivity contribution in [1.82, 2.24) is 29.5 Å². The van der Waals surface area contributed by atoms with Crippen LogP contribution in [0.3, 0.4) is 0 Å². The largest absolute Gasteiger partial charge is 0.368 e. The second-order valence-corrected chi connectivity index (χ2v) is 4.32. The number of imidazole rings is 1. The van der Waals surface area contributed by atoms with Crippen molar-refractivity contribution in [3.05, 3.63) is 48.8 Å². The second kappa shape index (κ2) is 5.95. The number of nitrogens with two attached hydrogens (primary N) is 1. The lowest BCUT2D eigenvalue weighted by Crippen LogP contribution is -2.12. The van der Waals surface area contributed by atoms with Gasteiger partial charge in [-0.3, -0.25) is 9.55 Å². The van der Waals surface area contributed by atoms with E-state index in [2.05, 4.69) is 30.2 Å². The van der Waals surface area contributed by atoms with Gasteiger partial charge in [-0.1, -0.05) is 0 Å². The molecule has 8 heteroatoms. The third kappa shape index (κ3) is 3.30. The average Bonchev–Trinajstić information content (AvgIpc) is 3.02. The molecule has 3 aromatic rings. The minimum absolute atomic E-state index is 0.167. The van der Waals surface area contributed by atoms with E-state index in [4.69, 9.17) is 5.73 Å². The van der Waals surface area contributed by atoms with E-state index in [1.54, 1.807) is 35.7 Å². The first-order valence-corrected chi connectivity index (χ1v) is 6.44. The summed E-state index contributed by atoms with van der Waals surface area (Å²) in [6.07, 6.45) is 9.39. The highest BCUT2D eigenvalue weighted by atomic mass is 15.3. The number of nitrogen functional groups attached to an aromatic ring is 1.